The van der Waals surface area contributed by atoms with Gasteiger partial charge in [-0.05, 0) is 24.3 Å². The lowest BCUT2D eigenvalue weighted by molar-refractivity contribution is -0.144. The molecule has 0 spiro atoms. The molecule has 1 fully saturated rings. The van der Waals surface area contributed by atoms with Crippen LogP contribution in [0.2, 0.25) is 0 Å². The normalized spacial score (nSPS) is 14.3. The van der Waals surface area contributed by atoms with Crippen molar-refractivity contribution in [2.75, 3.05) is 31.5 Å². The summed E-state index contributed by atoms with van der Waals surface area (Å²) in [5.74, 6) is -1.28. The number of amides is 3. The molecule has 1 aliphatic rings. The Morgan fingerprint density at radius 1 is 1.04 bits per heavy atom. The van der Waals surface area contributed by atoms with E-state index in [2.05, 4.69) is 10.3 Å². The zero-order valence-corrected chi connectivity index (χ0v) is 12.8. The smallest absolute Gasteiger partial charge is 0.313 e. The van der Waals surface area contributed by atoms with Crippen LogP contribution in [0, 0.1) is 0 Å². The standard InChI is InChI=1S/C16H16N4O4/c21-14(18-12-3-1-5-17-11-12)16(23)20-8-6-19(7-9-20)15(22)13-4-2-10-24-13/h1-5,10-11H,6-9H2,(H,18,21). The highest BCUT2D eigenvalue weighted by Gasteiger charge is 2.29. The van der Waals surface area contributed by atoms with Gasteiger partial charge in [0.1, 0.15) is 0 Å². The fourth-order valence-corrected chi connectivity index (χ4v) is 2.43. The van der Waals surface area contributed by atoms with Gasteiger partial charge in [-0.1, -0.05) is 0 Å². The van der Waals surface area contributed by atoms with Crippen LogP contribution in [-0.4, -0.2) is 58.7 Å². The molecule has 8 heteroatoms. The fraction of sp³-hybridized carbons (Fsp3) is 0.250. The summed E-state index contributed by atoms with van der Waals surface area (Å²) in [7, 11) is 0. The Morgan fingerprint density at radius 2 is 1.79 bits per heavy atom. The van der Waals surface area contributed by atoms with Gasteiger partial charge in [0.2, 0.25) is 0 Å². The highest BCUT2D eigenvalue weighted by Crippen LogP contribution is 2.10. The molecule has 0 atom stereocenters. The van der Waals surface area contributed by atoms with Crippen molar-refractivity contribution >= 4 is 23.4 Å². The Morgan fingerprint density at radius 3 is 2.42 bits per heavy atom. The first-order valence-corrected chi connectivity index (χ1v) is 7.48. The summed E-state index contributed by atoms with van der Waals surface area (Å²) in [5.41, 5.74) is 0.461. The number of furan rings is 1. The Kier molecular flexibility index (Phi) is 4.55. The summed E-state index contributed by atoms with van der Waals surface area (Å²) in [6, 6.07) is 6.56. The maximum absolute atomic E-state index is 12.2. The average molecular weight is 328 g/mol. The molecule has 8 nitrogen and oxygen atoms in total. The van der Waals surface area contributed by atoms with Crippen LogP contribution in [0.3, 0.4) is 0 Å². The van der Waals surface area contributed by atoms with E-state index in [4.69, 9.17) is 4.42 Å². The number of carbonyl (C=O) groups excluding carboxylic acids is 3. The first kappa shape index (κ1) is 15.7. The van der Waals surface area contributed by atoms with Crippen molar-refractivity contribution in [1.29, 1.82) is 0 Å². The monoisotopic (exact) mass is 328 g/mol. The zero-order valence-electron chi connectivity index (χ0n) is 12.8. The molecule has 3 heterocycles. The summed E-state index contributed by atoms with van der Waals surface area (Å²) in [6.07, 6.45) is 4.48. The molecule has 0 aromatic carbocycles. The predicted octanol–water partition coefficient (Wildman–Crippen LogP) is 0.598. The minimum Gasteiger partial charge on any atom is -0.459 e. The molecule has 0 radical (unpaired) electrons. The van der Waals surface area contributed by atoms with E-state index < -0.39 is 11.8 Å². The molecular formula is C16H16N4O4. The van der Waals surface area contributed by atoms with E-state index in [1.54, 1.807) is 35.4 Å². The molecule has 1 aliphatic heterocycles. The molecule has 0 unspecified atom stereocenters. The van der Waals surface area contributed by atoms with Gasteiger partial charge in [0.25, 0.3) is 5.91 Å². The Bertz CT molecular complexity index is 722. The molecular weight excluding hydrogens is 312 g/mol. The third-order valence-corrected chi connectivity index (χ3v) is 3.70. The molecule has 2 aromatic heterocycles. The number of hydrogen-bond donors (Lipinski definition) is 1. The molecule has 0 aliphatic carbocycles. The number of pyridine rings is 1. The molecule has 2 aromatic rings. The van der Waals surface area contributed by atoms with Crippen molar-refractivity contribution in [3.63, 3.8) is 0 Å². The lowest BCUT2D eigenvalue weighted by Crippen LogP contribution is -2.52. The summed E-state index contributed by atoms with van der Waals surface area (Å²) in [6.45, 7) is 1.30. The zero-order chi connectivity index (χ0) is 16.9. The van der Waals surface area contributed by atoms with Gasteiger partial charge in [0.05, 0.1) is 18.1 Å². The number of aromatic nitrogens is 1. The highest BCUT2D eigenvalue weighted by atomic mass is 16.3. The molecule has 0 bridgehead atoms. The third-order valence-electron chi connectivity index (χ3n) is 3.70. The molecule has 3 rings (SSSR count). The van der Waals surface area contributed by atoms with E-state index in [0.717, 1.165) is 0 Å². The molecule has 1 N–H and O–H groups in total. The summed E-state index contributed by atoms with van der Waals surface area (Å²) in [5, 5.41) is 2.51. The maximum atomic E-state index is 12.2. The lowest BCUT2D eigenvalue weighted by atomic mass is 10.2. The highest BCUT2D eigenvalue weighted by molar-refractivity contribution is 6.39. The van der Waals surface area contributed by atoms with Crippen LogP contribution in [0.15, 0.2) is 47.3 Å². The molecule has 0 saturated carbocycles. The third kappa shape index (κ3) is 3.43. The number of hydrogen-bond acceptors (Lipinski definition) is 5. The minimum atomic E-state index is -0.714. The minimum absolute atomic E-state index is 0.216. The molecule has 24 heavy (non-hydrogen) atoms. The number of piperazine rings is 1. The van der Waals surface area contributed by atoms with Crippen molar-refractivity contribution in [2.24, 2.45) is 0 Å². The van der Waals surface area contributed by atoms with Crippen LogP contribution in [0.5, 0.6) is 0 Å². The van der Waals surface area contributed by atoms with Crippen LogP contribution in [0.1, 0.15) is 10.6 Å². The van der Waals surface area contributed by atoms with Gasteiger partial charge in [-0.2, -0.15) is 0 Å². The van der Waals surface area contributed by atoms with Crippen molar-refractivity contribution < 1.29 is 18.8 Å². The molecule has 124 valence electrons. The van der Waals surface area contributed by atoms with Crippen molar-refractivity contribution in [2.45, 2.75) is 0 Å². The van der Waals surface area contributed by atoms with Gasteiger partial charge in [-0.15, -0.1) is 0 Å². The summed E-state index contributed by atoms with van der Waals surface area (Å²) < 4.78 is 5.09. The lowest BCUT2D eigenvalue weighted by Gasteiger charge is -2.33. The van der Waals surface area contributed by atoms with E-state index >= 15 is 0 Å². The van der Waals surface area contributed by atoms with Crippen molar-refractivity contribution in [1.82, 2.24) is 14.8 Å². The van der Waals surface area contributed by atoms with Crippen LogP contribution in [0.4, 0.5) is 5.69 Å². The predicted molar refractivity (Wildman–Crippen MR) is 84.1 cm³/mol. The second kappa shape index (κ2) is 6.95. The van der Waals surface area contributed by atoms with Crippen LogP contribution >= 0.6 is 0 Å². The van der Waals surface area contributed by atoms with E-state index in [9.17, 15) is 14.4 Å². The molecule has 1 saturated heterocycles. The van der Waals surface area contributed by atoms with Gasteiger partial charge in [0.15, 0.2) is 5.76 Å². The van der Waals surface area contributed by atoms with E-state index in [-0.39, 0.29) is 11.7 Å². The summed E-state index contributed by atoms with van der Waals surface area (Å²) in [4.78, 5) is 43.2. The first-order chi connectivity index (χ1) is 11.6. The van der Waals surface area contributed by atoms with Gasteiger partial charge < -0.3 is 19.5 Å². The van der Waals surface area contributed by atoms with Crippen LogP contribution < -0.4 is 5.32 Å². The maximum Gasteiger partial charge on any atom is 0.313 e. The quantitative estimate of drug-likeness (QED) is 0.814. The fourth-order valence-electron chi connectivity index (χ4n) is 2.43. The van der Waals surface area contributed by atoms with Crippen LogP contribution in [-0.2, 0) is 9.59 Å². The topological polar surface area (TPSA) is 95.8 Å². The van der Waals surface area contributed by atoms with Gasteiger partial charge in [-0.3, -0.25) is 19.4 Å². The van der Waals surface area contributed by atoms with Gasteiger partial charge >= 0.3 is 11.8 Å². The van der Waals surface area contributed by atoms with E-state index in [0.29, 0.717) is 31.9 Å². The van der Waals surface area contributed by atoms with Gasteiger partial charge in [0, 0.05) is 32.4 Å². The van der Waals surface area contributed by atoms with Crippen molar-refractivity contribution in [3.8, 4) is 0 Å². The Balaban J connectivity index is 1.53. The number of nitrogens with one attached hydrogen (secondary N) is 1. The Labute approximate surface area is 138 Å². The number of anilines is 1. The van der Waals surface area contributed by atoms with E-state index in [1.165, 1.54) is 17.4 Å². The first-order valence-electron chi connectivity index (χ1n) is 7.48. The SMILES string of the molecule is O=C(Nc1cccnc1)C(=O)N1CCN(C(=O)c2ccco2)CC1. The van der Waals surface area contributed by atoms with E-state index in [1.807, 2.05) is 0 Å². The largest absolute Gasteiger partial charge is 0.459 e. The number of carbonyl (C=O) groups is 3. The Hall–Kier alpha value is -3.16. The second-order valence-electron chi connectivity index (χ2n) is 5.26. The summed E-state index contributed by atoms with van der Waals surface area (Å²) >= 11 is 0. The van der Waals surface area contributed by atoms with Crippen LogP contribution in [0.25, 0.3) is 0 Å². The number of nitrogens with zero attached hydrogens (tertiary/aromatic N) is 3. The average Bonchev–Trinajstić information content (AvgIpc) is 3.16. The number of rotatable bonds is 2. The second-order valence-corrected chi connectivity index (χ2v) is 5.26. The van der Waals surface area contributed by atoms with Crippen molar-refractivity contribution in [3.05, 3.63) is 48.7 Å². The van der Waals surface area contributed by atoms with Gasteiger partial charge in [-0.25, -0.2) is 0 Å². The molecule has 3 amide bonds.